The average Bonchev–Trinajstić information content (AvgIpc) is 2.20. The number of rotatable bonds is 2. The molecule has 1 amide bonds. The van der Waals surface area contributed by atoms with Crippen LogP contribution in [0.2, 0.25) is 5.02 Å². The average molecular weight is 218 g/mol. The van der Waals surface area contributed by atoms with Crippen LogP contribution in [-0.4, -0.2) is 12.5 Å². The molecule has 0 aliphatic rings. The highest BCUT2D eigenvalue weighted by atomic mass is 35.5. The second-order valence-electron chi connectivity index (χ2n) is 2.57. The lowest BCUT2D eigenvalue weighted by atomic mass is 10.3. The van der Waals surface area contributed by atoms with Crippen LogP contribution in [0.15, 0.2) is 18.2 Å². The van der Waals surface area contributed by atoms with Gasteiger partial charge >= 0.3 is 0 Å². The van der Waals surface area contributed by atoms with Crippen molar-refractivity contribution >= 4 is 23.2 Å². The van der Waals surface area contributed by atoms with E-state index in [9.17, 15) is 9.18 Å². The van der Waals surface area contributed by atoms with Crippen molar-refractivity contribution < 1.29 is 9.18 Å². The van der Waals surface area contributed by atoms with Gasteiger partial charge in [-0.1, -0.05) is 11.6 Å². The van der Waals surface area contributed by atoms with Crippen LogP contribution in [0.1, 0.15) is 0 Å². The van der Waals surface area contributed by atoms with Crippen molar-refractivity contribution in [1.29, 1.82) is 0 Å². The van der Waals surface area contributed by atoms with Gasteiger partial charge in [0, 0.05) is 0 Å². The van der Waals surface area contributed by atoms with Crippen molar-refractivity contribution in [3.63, 3.8) is 0 Å². The molecule has 6 heteroatoms. The Morgan fingerprint density at radius 3 is 2.71 bits per heavy atom. The zero-order valence-electron chi connectivity index (χ0n) is 7.21. The molecule has 14 heavy (non-hydrogen) atoms. The van der Waals surface area contributed by atoms with Gasteiger partial charge in [-0.3, -0.25) is 4.79 Å². The lowest BCUT2D eigenvalue weighted by molar-refractivity contribution is -0.117. The summed E-state index contributed by atoms with van der Waals surface area (Å²) in [5.74, 6) is 4.35. The number of amides is 1. The van der Waals surface area contributed by atoms with Gasteiger partial charge in [-0.15, -0.1) is 0 Å². The van der Waals surface area contributed by atoms with E-state index >= 15 is 0 Å². The van der Waals surface area contributed by atoms with Gasteiger partial charge in [0.05, 0.1) is 17.3 Å². The highest BCUT2D eigenvalue weighted by Crippen LogP contribution is 2.20. The van der Waals surface area contributed by atoms with Crippen LogP contribution in [0.25, 0.3) is 0 Å². The number of anilines is 1. The molecule has 0 unspecified atom stereocenters. The van der Waals surface area contributed by atoms with Crippen molar-refractivity contribution in [3.05, 3.63) is 29.0 Å². The van der Waals surface area contributed by atoms with Gasteiger partial charge in [-0.25, -0.2) is 15.2 Å². The minimum absolute atomic E-state index is 0.0947. The maximum absolute atomic E-state index is 12.7. The van der Waals surface area contributed by atoms with Crippen LogP contribution in [-0.2, 0) is 4.79 Å². The molecule has 0 saturated carbocycles. The predicted molar refractivity (Wildman–Crippen MR) is 52.1 cm³/mol. The molecule has 0 bridgehead atoms. The van der Waals surface area contributed by atoms with E-state index in [1.165, 1.54) is 12.1 Å². The Morgan fingerprint density at radius 2 is 2.21 bits per heavy atom. The number of benzene rings is 1. The van der Waals surface area contributed by atoms with E-state index < -0.39 is 11.7 Å². The first-order valence-corrected chi connectivity index (χ1v) is 4.17. The number of hydrogen-bond acceptors (Lipinski definition) is 3. The van der Waals surface area contributed by atoms with Crippen LogP contribution in [0.4, 0.5) is 10.1 Å². The summed E-state index contributed by atoms with van der Waals surface area (Å²) in [6, 6.07) is 3.72. The summed E-state index contributed by atoms with van der Waals surface area (Å²) in [4.78, 5) is 11.0. The Kier molecular flexibility index (Phi) is 3.40. The summed E-state index contributed by atoms with van der Waals surface area (Å²) in [5.41, 5.74) is 5.40. The molecule has 0 aromatic heterocycles. The second kappa shape index (κ2) is 4.36. The third-order valence-corrected chi connectivity index (χ3v) is 1.91. The molecule has 0 atom stereocenters. The second-order valence-corrected chi connectivity index (χ2v) is 2.97. The number of nitrogens with zero attached hydrogens (tertiary/aromatic N) is 1. The van der Waals surface area contributed by atoms with Gasteiger partial charge in [0.1, 0.15) is 5.82 Å². The highest BCUT2D eigenvalue weighted by molar-refractivity contribution is 6.31. The van der Waals surface area contributed by atoms with E-state index in [-0.39, 0.29) is 11.6 Å². The summed E-state index contributed by atoms with van der Waals surface area (Å²) in [5, 5.41) is 0.730. The molecule has 4 N–H and O–H groups in total. The Morgan fingerprint density at radius 1 is 1.57 bits per heavy atom. The molecule has 1 aromatic rings. The Hall–Kier alpha value is -1.17. The van der Waals surface area contributed by atoms with Crippen LogP contribution >= 0.6 is 11.6 Å². The lowest BCUT2D eigenvalue weighted by Crippen LogP contribution is -2.41. The van der Waals surface area contributed by atoms with Gasteiger partial charge in [0.15, 0.2) is 0 Å². The fraction of sp³-hybridized carbons (Fsp3) is 0.125. The minimum atomic E-state index is -0.566. The summed E-state index contributed by atoms with van der Waals surface area (Å²) in [6.45, 7) is -0.217. The first-order valence-electron chi connectivity index (χ1n) is 3.79. The van der Waals surface area contributed by atoms with Crippen molar-refractivity contribution in [3.8, 4) is 0 Å². The third kappa shape index (κ3) is 2.20. The summed E-state index contributed by atoms with van der Waals surface area (Å²) < 4.78 is 12.7. The van der Waals surface area contributed by atoms with Gasteiger partial charge in [-0.05, 0) is 18.2 Å². The van der Waals surface area contributed by atoms with Crippen molar-refractivity contribution in [2.24, 2.45) is 11.6 Å². The van der Waals surface area contributed by atoms with E-state index in [0.29, 0.717) is 5.69 Å². The minimum Gasteiger partial charge on any atom is -0.322 e. The van der Waals surface area contributed by atoms with E-state index in [2.05, 4.69) is 0 Å². The number of halogens is 2. The maximum Gasteiger partial charge on any atom is 0.254 e. The summed E-state index contributed by atoms with van der Waals surface area (Å²) in [7, 11) is 0. The van der Waals surface area contributed by atoms with Crippen molar-refractivity contribution in [2.75, 3.05) is 11.6 Å². The number of carbonyl (C=O) groups excluding carboxylic acids is 1. The predicted octanol–water partition coefficient (Wildman–Crippen LogP) is 0.645. The summed E-state index contributed by atoms with van der Waals surface area (Å²) >= 11 is 5.51. The van der Waals surface area contributed by atoms with E-state index in [0.717, 1.165) is 11.1 Å². The van der Waals surface area contributed by atoms with Gasteiger partial charge < -0.3 is 5.73 Å². The Bertz CT molecular complexity index is 358. The smallest absolute Gasteiger partial charge is 0.254 e. The van der Waals surface area contributed by atoms with Gasteiger partial charge in [0.25, 0.3) is 5.91 Å². The molecule has 0 spiro atoms. The topological polar surface area (TPSA) is 72.4 Å². The van der Waals surface area contributed by atoms with E-state index in [4.69, 9.17) is 23.2 Å². The van der Waals surface area contributed by atoms with E-state index in [1.54, 1.807) is 0 Å². The first-order chi connectivity index (χ1) is 6.56. The molecule has 0 saturated heterocycles. The molecule has 0 heterocycles. The number of nitrogens with two attached hydrogens (primary N) is 2. The highest BCUT2D eigenvalue weighted by Gasteiger charge is 2.11. The largest absolute Gasteiger partial charge is 0.322 e. The van der Waals surface area contributed by atoms with Gasteiger partial charge in [0.2, 0.25) is 0 Å². The molecule has 1 aromatic carbocycles. The fourth-order valence-corrected chi connectivity index (χ4v) is 1.05. The SMILES string of the molecule is NCC(=O)N(N)c1ccc(F)c(Cl)c1. The third-order valence-electron chi connectivity index (χ3n) is 1.62. The fourth-order valence-electron chi connectivity index (χ4n) is 0.877. The number of hydrazine groups is 1. The molecular formula is C8H9ClFN3O. The maximum atomic E-state index is 12.7. The van der Waals surface area contributed by atoms with Crippen molar-refractivity contribution in [1.82, 2.24) is 0 Å². The molecule has 0 aliphatic carbocycles. The Balaban J connectivity index is 2.96. The number of hydrogen-bond donors (Lipinski definition) is 2. The monoisotopic (exact) mass is 217 g/mol. The molecule has 76 valence electrons. The number of carbonyl (C=O) groups is 1. The normalized spacial score (nSPS) is 10.0. The van der Waals surface area contributed by atoms with Crippen molar-refractivity contribution in [2.45, 2.75) is 0 Å². The molecule has 0 aliphatic heterocycles. The molecule has 0 fully saturated rings. The standard InChI is InChI=1S/C8H9ClFN3O/c9-6-3-5(1-2-7(6)10)13(12)8(14)4-11/h1-3H,4,11-12H2. The molecular weight excluding hydrogens is 209 g/mol. The van der Waals surface area contributed by atoms with E-state index in [1.807, 2.05) is 0 Å². The molecule has 4 nitrogen and oxygen atoms in total. The lowest BCUT2D eigenvalue weighted by Gasteiger charge is -2.15. The van der Waals surface area contributed by atoms with Crippen LogP contribution in [0, 0.1) is 5.82 Å². The molecule has 1 rings (SSSR count). The van der Waals surface area contributed by atoms with Gasteiger partial charge in [-0.2, -0.15) is 0 Å². The summed E-state index contributed by atoms with van der Waals surface area (Å²) in [6.07, 6.45) is 0. The van der Waals surface area contributed by atoms with Crippen LogP contribution in [0.3, 0.4) is 0 Å². The zero-order chi connectivity index (χ0) is 10.7. The van der Waals surface area contributed by atoms with Crippen LogP contribution < -0.4 is 16.6 Å². The van der Waals surface area contributed by atoms with Crippen LogP contribution in [0.5, 0.6) is 0 Å². The molecule has 0 radical (unpaired) electrons. The Labute approximate surface area is 85.2 Å². The quantitative estimate of drug-likeness (QED) is 0.434. The zero-order valence-corrected chi connectivity index (χ0v) is 7.96. The first kappa shape index (κ1) is 10.9.